The van der Waals surface area contributed by atoms with E-state index in [4.69, 9.17) is 4.42 Å². The summed E-state index contributed by atoms with van der Waals surface area (Å²) in [7, 11) is 0. The van der Waals surface area contributed by atoms with Gasteiger partial charge in [-0.25, -0.2) is 4.98 Å². The molecule has 2 saturated heterocycles. The first-order valence-corrected chi connectivity index (χ1v) is 7.64. The molecule has 3 rings (SSSR count). The Bertz CT molecular complexity index is 404. The van der Waals surface area contributed by atoms with Crippen molar-refractivity contribution in [2.24, 2.45) is 0 Å². The number of likely N-dealkylation sites (tertiary alicyclic amines) is 1. The monoisotopic (exact) mass is 263 g/mol. The molecule has 0 saturated carbocycles. The molecular formula is C15H25N3O. The molecule has 0 aromatic carbocycles. The van der Waals surface area contributed by atoms with E-state index in [1.807, 2.05) is 13.8 Å². The quantitative estimate of drug-likeness (QED) is 0.909. The lowest BCUT2D eigenvalue weighted by atomic mass is 9.94. The van der Waals surface area contributed by atoms with Crippen LogP contribution in [0.5, 0.6) is 0 Å². The lowest BCUT2D eigenvalue weighted by molar-refractivity contribution is 0.102. The van der Waals surface area contributed by atoms with Crippen LogP contribution in [0, 0.1) is 13.8 Å². The molecule has 2 atom stereocenters. The minimum atomic E-state index is 0.670. The Morgan fingerprint density at radius 2 is 2.16 bits per heavy atom. The smallest absolute Gasteiger partial charge is 0.208 e. The molecule has 0 aliphatic carbocycles. The zero-order valence-corrected chi connectivity index (χ0v) is 12.1. The van der Waals surface area contributed by atoms with Crippen molar-refractivity contribution in [3.63, 3.8) is 0 Å². The molecule has 1 aromatic rings. The Morgan fingerprint density at radius 3 is 2.84 bits per heavy atom. The molecule has 3 heterocycles. The van der Waals surface area contributed by atoms with Crippen LogP contribution in [0.25, 0.3) is 0 Å². The summed E-state index contributed by atoms with van der Waals surface area (Å²) in [6.45, 7) is 7.26. The lowest BCUT2D eigenvalue weighted by Gasteiger charge is -2.38. The molecule has 0 amide bonds. The predicted molar refractivity (Wildman–Crippen MR) is 75.1 cm³/mol. The molecule has 2 aliphatic heterocycles. The summed E-state index contributed by atoms with van der Waals surface area (Å²) in [6.07, 6.45) is 6.64. The standard InChI is InChI=1S/C15H25N3O/c1-11-12(2)19-15(17-11)10-18-9-4-3-7-14(18)13-6-5-8-16-13/h13-14,16H,3-10H2,1-2H3. The topological polar surface area (TPSA) is 41.3 Å². The summed E-state index contributed by atoms with van der Waals surface area (Å²) in [6, 6.07) is 1.35. The second kappa shape index (κ2) is 5.63. The normalized spacial score (nSPS) is 28.9. The maximum Gasteiger partial charge on any atom is 0.208 e. The second-order valence-electron chi connectivity index (χ2n) is 5.99. The highest BCUT2D eigenvalue weighted by Crippen LogP contribution is 2.26. The average molecular weight is 263 g/mol. The van der Waals surface area contributed by atoms with Gasteiger partial charge in [0.25, 0.3) is 0 Å². The van der Waals surface area contributed by atoms with Gasteiger partial charge < -0.3 is 9.73 Å². The van der Waals surface area contributed by atoms with E-state index in [0.717, 1.165) is 23.9 Å². The molecular weight excluding hydrogens is 238 g/mol. The third-order valence-corrected chi connectivity index (χ3v) is 4.64. The Labute approximate surface area is 115 Å². The molecule has 2 unspecified atom stereocenters. The summed E-state index contributed by atoms with van der Waals surface area (Å²) in [5, 5.41) is 3.67. The van der Waals surface area contributed by atoms with E-state index in [-0.39, 0.29) is 0 Å². The van der Waals surface area contributed by atoms with Crippen molar-refractivity contribution in [3.05, 3.63) is 17.3 Å². The second-order valence-corrected chi connectivity index (χ2v) is 5.99. The van der Waals surface area contributed by atoms with Crippen LogP contribution in [0.2, 0.25) is 0 Å². The molecule has 0 bridgehead atoms. The molecule has 2 aliphatic rings. The fourth-order valence-corrected chi connectivity index (χ4v) is 3.49. The van der Waals surface area contributed by atoms with E-state index in [1.54, 1.807) is 0 Å². The zero-order chi connectivity index (χ0) is 13.2. The summed E-state index contributed by atoms with van der Waals surface area (Å²) in [5.74, 6) is 1.85. The van der Waals surface area contributed by atoms with E-state index in [2.05, 4.69) is 15.2 Å². The predicted octanol–water partition coefficient (Wildman–Crippen LogP) is 2.40. The van der Waals surface area contributed by atoms with Crippen LogP contribution < -0.4 is 5.32 Å². The first kappa shape index (κ1) is 13.1. The Balaban J connectivity index is 1.69. The molecule has 0 radical (unpaired) electrons. The Kier molecular flexibility index (Phi) is 3.89. The molecule has 2 fully saturated rings. The van der Waals surface area contributed by atoms with Crippen molar-refractivity contribution in [3.8, 4) is 0 Å². The Morgan fingerprint density at radius 1 is 1.26 bits per heavy atom. The number of aromatic nitrogens is 1. The number of aryl methyl sites for hydroxylation is 2. The first-order chi connectivity index (χ1) is 9.24. The van der Waals surface area contributed by atoms with Crippen LogP contribution in [0.3, 0.4) is 0 Å². The third-order valence-electron chi connectivity index (χ3n) is 4.64. The zero-order valence-electron chi connectivity index (χ0n) is 12.1. The molecule has 4 heteroatoms. The Hall–Kier alpha value is -0.870. The van der Waals surface area contributed by atoms with Gasteiger partial charge in [-0.3, -0.25) is 4.90 Å². The maximum atomic E-state index is 5.75. The van der Waals surface area contributed by atoms with Crippen LogP contribution in [-0.2, 0) is 6.54 Å². The number of nitrogens with one attached hydrogen (secondary N) is 1. The molecule has 4 nitrogen and oxygen atoms in total. The highest BCUT2D eigenvalue weighted by molar-refractivity contribution is 5.05. The van der Waals surface area contributed by atoms with Gasteiger partial charge in [0.05, 0.1) is 12.2 Å². The molecule has 1 aromatic heterocycles. The largest absolute Gasteiger partial charge is 0.444 e. The molecule has 1 N–H and O–H groups in total. The maximum absolute atomic E-state index is 5.75. The van der Waals surface area contributed by atoms with E-state index < -0.39 is 0 Å². The van der Waals surface area contributed by atoms with E-state index in [9.17, 15) is 0 Å². The number of hydrogen-bond acceptors (Lipinski definition) is 4. The fourth-order valence-electron chi connectivity index (χ4n) is 3.49. The average Bonchev–Trinajstić information content (AvgIpc) is 3.02. The van der Waals surface area contributed by atoms with Crippen molar-refractivity contribution in [1.82, 2.24) is 15.2 Å². The number of nitrogens with zero attached hydrogens (tertiary/aromatic N) is 2. The number of oxazole rings is 1. The van der Waals surface area contributed by atoms with Crippen molar-refractivity contribution in [2.45, 2.75) is 64.6 Å². The molecule has 19 heavy (non-hydrogen) atoms. The van der Waals surface area contributed by atoms with Gasteiger partial charge in [0, 0.05) is 12.1 Å². The van der Waals surface area contributed by atoms with Crippen LogP contribution in [0.15, 0.2) is 4.42 Å². The third kappa shape index (κ3) is 2.84. The minimum absolute atomic E-state index is 0.670. The number of rotatable bonds is 3. The highest BCUT2D eigenvalue weighted by Gasteiger charge is 2.32. The summed E-state index contributed by atoms with van der Waals surface area (Å²) < 4.78 is 5.75. The van der Waals surface area contributed by atoms with Crippen molar-refractivity contribution >= 4 is 0 Å². The van der Waals surface area contributed by atoms with Gasteiger partial charge in [0.1, 0.15) is 5.76 Å². The van der Waals surface area contributed by atoms with E-state index in [1.165, 1.54) is 45.2 Å². The van der Waals surface area contributed by atoms with Gasteiger partial charge in [0.2, 0.25) is 5.89 Å². The minimum Gasteiger partial charge on any atom is -0.444 e. The van der Waals surface area contributed by atoms with Crippen molar-refractivity contribution in [1.29, 1.82) is 0 Å². The van der Waals surface area contributed by atoms with Crippen LogP contribution in [0.4, 0.5) is 0 Å². The summed E-state index contributed by atoms with van der Waals surface area (Å²) in [4.78, 5) is 7.12. The van der Waals surface area contributed by atoms with Gasteiger partial charge >= 0.3 is 0 Å². The molecule has 106 valence electrons. The van der Waals surface area contributed by atoms with Crippen LogP contribution in [0.1, 0.15) is 49.4 Å². The van der Waals surface area contributed by atoms with Gasteiger partial charge in [-0.05, 0) is 52.6 Å². The van der Waals surface area contributed by atoms with E-state index in [0.29, 0.717) is 12.1 Å². The lowest BCUT2D eigenvalue weighted by Crippen LogP contribution is -2.49. The first-order valence-electron chi connectivity index (χ1n) is 7.64. The van der Waals surface area contributed by atoms with Crippen LogP contribution in [-0.4, -0.2) is 35.1 Å². The SMILES string of the molecule is Cc1nc(CN2CCCCC2C2CCCN2)oc1C. The molecule has 0 spiro atoms. The van der Waals surface area contributed by atoms with Gasteiger partial charge in [-0.15, -0.1) is 0 Å². The van der Waals surface area contributed by atoms with Crippen molar-refractivity contribution in [2.75, 3.05) is 13.1 Å². The van der Waals surface area contributed by atoms with Crippen molar-refractivity contribution < 1.29 is 4.42 Å². The summed E-state index contributed by atoms with van der Waals surface area (Å²) >= 11 is 0. The highest BCUT2D eigenvalue weighted by atomic mass is 16.4. The van der Waals surface area contributed by atoms with E-state index >= 15 is 0 Å². The summed E-state index contributed by atoms with van der Waals surface area (Å²) in [5.41, 5.74) is 1.03. The fraction of sp³-hybridized carbons (Fsp3) is 0.800. The van der Waals surface area contributed by atoms with Gasteiger partial charge in [-0.2, -0.15) is 0 Å². The van der Waals surface area contributed by atoms with Crippen LogP contribution >= 0.6 is 0 Å². The van der Waals surface area contributed by atoms with Gasteiger partial charge in [-0.1, -0.05) is 6.42 Å². The number of hydrogen-bond donors (Lipinski definition) is 1. The number of piperidine rings is 1. The van der Waals surface area contributed by atoms with Gasteiger partial charge in [0.15, 0.2) is 0 Å².